The molecule has 0 amide bonds. The van der Waals surface area contributed by atoms with Gasteiger partial charge in [-0.3, -0.25) is 9.88 Å². The van der Waals surface area contributed by atoms with Crippen LogP contribution >= 0.6 is 0 Å². The molecule has 1 unspecified atom stereocenters. The van der Waals surface area contributed by atoms with Crippen molar-refractivity contribution in [1.82, 2.24) is 15.2 Å². The second-order valence-corrected chi connectivity index (χ2v) is 5.39. The summed E-state index contributed by atoms with van der Waals surface area (Å²) in [6.45, 7) is 12.0. The molecule has 0 aliphatic heterocycles. The zero-order valence-corrected chi connectivity index (χ0v) is 12.9. The van der Waals surface area contributed by atoms with Crippen LogP contribution in [0.1, 0.15) is 46.2 Å². The highest BCUT2D eigenvalue weighted by molar-refractivity contribution is 5.03. The summed E-state index contributed by atoms with van der Waals surface area (Å²) in [5.74, 6) is 0. The maximum absolute atomic E-state index is 4.44. The second kappa shape index (κ2) is 9.05. The van der Waals surface area contributed by atoms with E-state index in [2.05, 4.69) is 55.0 Å². The molecule has 1 N–H and O–H groups in total. The Labute approximate surface area is 118 Å². The second-order valence-electron chi connectivity index (χ2n) is 5.39. The summed E-state index contributed by atoms with van der Waals surface area (Å²) >= 11 is 0. The van der Waals surface area contributed by atoms with Gasteiger partial charge >= 0.3 is 0 Å². The molecule has 0 spiro atoms. The minimum absolute atomic E-state index is 0.549. The molecule has 1 heterocycles. The molecular formula is C16H29N3. The van der Waals surface area contributed by atoms with E-state index in [1.165, 1.54) is 12.8 Å². The Morgan fingerprint density at radius 2 is 2.05 bits per heavy atom. The molecule has 3 heteroatoms. The van der Waals surface area contributed by atoms with E-state index in [0.717, 1.165) is 25.3 Å². The number of likely N-dealkylation sites (N-methyl/N-ethyl adjacent to an activating group) is 1. The van der Waals surface area contributed by atoms with Gasteiger partial charge in [-0.05, 0) is 25.1 Å². The van der Waals surface area contributed by atoms with Gasteiger partial charge in [0.05, 0.1) is 5.69 Å². The van der Waals surface area contributed by atoms with Gasteiger partial charge in [0, 0.05) is 31.4 Å². The van der Waals surface area contributed by atoms with E-state index < -0.39 is 0 Å². The van der Waals surface area contributed by atoms with Crippen LogP contribution in [0, 0.1) is 0 Å². The Morgan fingerprint density at radius 1 is 1.26 bits per heavy atom. The monoisotopic (exact) mass is 263 g/mol. The highest BCUT2D eigenvalue weighted by atomic mass is 15.2. The van der Waals surface area contributed by atoms with Crippen LogP contribution in [0.15, 0.2) is 24.4 Å². The summed E-state index contributed by atoms with van der Waals surface area (Å²) < 4.78 is 0. The van der Waals surface area contributed by atoms with Gasteiger partial charge in [0.2, 0.25) is 0 Å². The van der Waals surface area contributed by atoms with Gasteiger partial charge in [-0.15, -0.1) is 0 Å². The smallest absolute Gasteiger partial charge is 0.0544 e. The van der Waals surface area contributed by atoms with Gasteiger partial charge in [0.25, 0.3) is 0 Å². The number of nitrogens with one attached hydrogen (secondary N) is 1. The van der Waals surface area contributed by atoms with Crippen LogP contribution in [0.2, 0.25) is 0 Å². The van der Waals surface area contributed by atoms with Crippen molar-refractivity contribution in [3.05, 3.63) is 30.1 Å². The zero-order valence-electron chi connectivity index (χ0n) is 12.9. The molecule has 1 rings (SSSR count). The molecule has 108 valence electrons. The highest BCUT2D eigenvalue weighted by Crippen LogP contribution is 2.10. The molecule has 19 heavy (non-hydrogen) atoms. The first-order valence-electron chi connectivity index (χ1n) is 7.54. The SMILES string of the molecule is CCCC(CNC(C)C)N(CC)Cc1ccccn1. The maximum Gasteiger partial charge on any atom is 0.0544 e. The molecule has 1 atom stereocenters. The summed E-state index contributed by atoms with van der Waals surface area (Å²) in [6.07, 6.45) is 4.34. The Morgan fingerprint density at radius 3 is 2.58 bits per heavy atom. The lowest BCUT2D eigenvalue weighted by Crippen LogP contribution is -2.43. The molecule has 0 saturated heterocycles. The molecule has 1 aromatic heterocycles. The van der Waals surface area contributed by atoms with Crippen LogP contribution < -0.4 is 5.32 Å². The Kier molecular flexibility index (Phi) is 7.68. The number of nitrogens with zero attached hydrogens (tertiary/aromatic N) is 2. The summed E-state index contributed by atoms with van der Waals surface area (Å²) in [5.41, 5.74) is 1.16. The minimum atomic E-state index is 0.549. The number of pyridine rings is 1. The lowest BCUT2D eigenvalue weighted by molar-refractivity contribution is 0.177. The first-order chi connectivity index (χ1) is 9.17. The molecule has 1 aromatic rings. The summed E-state index contributed by atoms with van der Waals surface area (Å²) in [5, 5.41) is 3.57. The van der Waals surface area contributed by atoms with Crippen LogP contribution in [-0.4, -0.2) is 35.1 Å². The fraction of sp³-hybridized carbons (Fsp3) is 0.688. The van der Waals surface area contributed by atoms with E-state index in [1.807, 2.05) is 12.3 Å². The first-order valence-corrected chi connectivity index (χ1v) is 7.54. The third kappa shape index (κ3) is 6.17. The fourth-order valence-electron chi connectivity index (χ4n) is 2.32. The van der Waals surface area contributed by atoms with E-state index in [1.54, 1.807) is 0 Å². The molecule has 3 nitrogen and oxygen atoms in total. The van der Waals surface area contributed by atoms with E-state index in [-0.39, 0.29) is 0 Å². The van der Waals surface area contributed by atoms with Crippen molar-refractivity contribution in [2.75, 3.05) is 13.1 Å². The Balaban J connectivity index is 2.61. The van der Waals surface area contributed by atoms with Crippen LogP contribution in [0.3, 0.4) is 0 Å². The summed E-state index contributed by atoms with van der Waals surface area (Å²) in [7, 11) is 0. The van der Waals surface area contributed by atoms with Gasteiger partial charge in [-0.1, -0.05) is 40.2 Å². The van der Waals surface area contributed by atoms with E-state index >= 15 is 0 Å². The standard InChI is InChI=1S/C16H29N3/c1-5-9-16(12-18-14(3)4)19(6-2)13-15-10-7-8-11-17-15/h7-8,10-11,14,16,18H,5-6,9,12-13H2,1-4H3. The van der Waals surface area contributed by atoms with Gasteiger partial charge < -0.3 is 5.32 Å². The van der Waals surface area contributed by atoms with Crippen molar-refractivity contribution in [1.29, 1.82) is 0 Å². The number of rotatable bonds is 9. The third-order valence-electron chi connectivity index (χ3n) is 3.40. The molecule has 0 bridgehead atoms. The number of hydrogen-bond acceptors (Lipinski definition) is 3. The average molecular weight is 263 g/mol. The largest absolute Gasteiger partial charge is 0.313 e. The predicted molar refractivity (Wildman–Crippen MR) is 82.2 cm³/mol. The van der Waals surface area contributed by atoms with Crippen LogP contribution in [0.4, 0.5) is 0 Å². The maximum atomic E-state index is 4.44. The minimum Gasteiger partial charge on any atom is -0.313 e. The zero-order chi connectivity index (χ0) is 14.1. The molecule has 0 aliphatic rings. The van der Waals surface area contributed by atoms with Crippen molar-refractivity contribution < 1.29 is 0 Å². The van der Waals surface area contributed by atoms with Crippen molar-refractivity contribution in [2.24, 2.45) is 0 Å². The molecule has 0 aliphatic carbocycles. The molecule has 0 radical (unpaired) electrons. The van der Waals surface area contributed by atoms with Crippen molar-refractivity contribution >= 4 is 0 Å². The summed E-state index contributed by atoms with van der Waals surface area (Å²) in [4.78, 5) is 6.97. The molecule has 0 fully saturated rings. The number of aromatic nitrogens is 1. The Hall–Kier alpha value is -0.930. The topological polar surface area (TPSA) is 28.2 Å². The lowest BCUT2D eigenvalue weighted by Gasteiger charge is -2.31. The van der Waals surface area contributed by atoms with Crippen LogP contribution in [-0.2, 0) is 6.54 Å². The average Bonchev–Trinajstić information content (AvgIpc) is 2.42. The Bertz CT molecular complexity index is 324. The van der Waals surface area contributed by atoms with E-state index in [9.17, 15) is 0 Å². The molecule has 0 saturated carbocycles. The first kappa shape index (κ1) is 16.1. The van der Waals surface area contributed by atoms with Crippen LogP contribution in [0.5, 0.6) is 0 Å². The highest BCUT2D eigenvalue weighted by Gasteiger charge is 2.17. The quantitative estimate of drug-likeness (QED) is 0.742. The van der Waals surface area contributed by atoms with Crippen molar-refractivity contribution in [3.63, 3.8) is 0 Å². The van der Waals surface area contributed by atoms with Gasteiger partial charge in [-0.25, -0.2) is 0 Å². The van der Waals surface area contributed by atoms with Gasteiger partial charge in [0.1, 0.15) is 0 Å². The number of hydrogen-bond donors (Lipinski definition) is 1. The summed E-state index contributed by atoms with van der Waals surface area (Å²) in [6, 6.07) is 7.30. The third-order valence-corrected chi connectivity index (χ3v) is 3.40. The lowest BCUT2D eigenvalue weighted by atomic mass is 10.1. The molecular weight excluding hydrogens is 234 g/mol. The van der Waals surface area contributed by atoms with E-state index in [0.29, 0.717) is 12.1 Å². The van der Waals surface area contributed by atoms with Gasteiger partial charge in [0.15, 0.2) is 0 Å². The van der Waals surface area contributed by atoms with E-state index in [4.69, 9.17) is 0 Å². The van der Waals surface area contributed by atoms with Crippen molar-refractivity contribution in [3.8, 4) is 0 Å². The predicted octanol–water partition coefficient (Wildman–Crippen LogP) is 3.07. The van der Waals surface area contributed by atoms with Crippen LogP contribution in [0.25, 0.3) is 0 Å². The van der Waals surface area contributed by atoms with Crippen molar-refractivity contribution in [2.45, 2.75) is 59.2 Å². The van der Waals surface area contributed by atoms with Gasteiger partial charge in [-0.2, -0.15) is 0 Å². The normalized spacial score (nSPS) is 13.2. The fourth-order valence-corrected chi connectivity index (χ4v) is 2.32. The molecule has 0 aromatic carbocycles.